The van der Waals surface area contributed by atoms with Gasteiger partial charge in [0.05, 0.1) is 12.7 Å². The van der Waals surface area contributed by atoms with Gasteiger partial charge >= 0.3 is 12.1 Å². The summed E-state index contributed by atoms with van der Waals surface area (Å²) < 4.78 is 43.9. The SMILES string of the molecule is COC(=O)/C=C(\CNc1ccccc1C(F)(F)F)c1cccc(C)c1. The Kier molecular flexibility index (Phi) is 5.85. The summed E-state index contributed by atoms with van der Waals surface area (Å²) in [7, 11) is 1.25. The Bertz CT molecular complexity index is 782. The van der Waals surface area contributed by atoms with Crippen LogP contribution in [0.2, 0.25) is 0 Å². The number of hydrogen-bond acceptors (Lipinski definition) is 3. The van der Waals surface area contributed by atoms with E-state index in [1.807, 2.05) is 25.1 Å². The number of rotatable bonds is 5. The van der Waals surface area contributed by atoms with Gasteiger partial charge in [-0.25, -0.2) is 4.79 Å². The Hall–Kier alpha value is -2.76. The molecule has 0 saturated carbocycles. The summed E-state index contributed by atoms with van der Waals surface area (Å²) in [5, 5.41) is 2.77. The standard InChI is InChI=1S/C19H18F3NO2/c1-13-6-5-7-14(10-13)15(11-18(24)25-2)12-23-17-9-4-3-8-16(17)19(20,21)22/h3-11,23H,12H2,1-2H3/b15-11+. The second kappa shape index (κ2) is 7.88. The molecule has 0 bridgehead atoms. The zero-order chi connectivity index (χ0) is 18.4. The second-order valence-corrected chi connectivity index (χ2v) is 5.46. The minimum absolute atomic E-state index is 0.0431. The van der Waals surface area contributed by atoms with Gasteiger partial charge in [0, 0.05) is 18.3 Å². The van der Waals surface area contributed by atoms with E-state index < -0.39 is 17.7 Å². The number of nitrogens with one attached hydrogen (secondary N) is 1. The molecule has 2 aromatic carbocycles. The van der Waals surface area contributed by atoms with Crippen LogP contribution < -0.4 is 5.32 Å². The molecule has 0 unspecified atom stereocenters. The fourth-order valence-electron chi connectivity index (χ4n) is 2.36. The Morgan fingerprint density at radius 3 is 2.52 bits per heavy atom. The first-order valence-electron chi connectivity index (χ1n) is 7.57. The first-order chi connectivity index (χ1) is 11.8. The van der Waals surface area contributed by atoms with Crippen LogP contribution in [-0.2, 0) is 15.7 Å². The molecule has 0 aromatic heterocycles. The molecule has 0 amide bonds. The topological polar surface area (TPSA) is 38.3 Å². The van der Waals surface area contributed by atoms with E-state index >= 15 is 0 Å². The normalized spacial score (nSPS) is 12.0. The van der Waals surface area contributed by atoms with Gasteiger partial charge < -0.3 is 10.1 Å². The third kappa shape index (κ3) is 5.11. The number of carbonyl (C=O) groups excluding carboxylic acids is 1. The molecule has 2 aromatic rings. The molecule has 0 aliphatic heterocycles. The van der Waals surface area contributed by atoms with Crippen LogP contribution in [0.25, 0.3) is 5.57 Å². The third-order valence-electron chi connectivity index (χ3n) is 3.58. The van der Waals surface area contributed by atoms with Crippen molar-refractivity contribution in [2.24, 2.45) is 0 Å². The number of ether oxygens (including phenoxy) is 1. The minimum atomic E-state index is -4.46. The number of alkyl halides is 3. The van der Waals surface area contributed by atoms with E-state index in [0.717, 1.165) is 17.2 Å². The van der Waals surface area contributed by atoms with Crippen LogP contribution in [0.4, 0.5) is 18.9 Å². The van der Waals surface area contributed by atoms with E-state index in [0.29, 0.717) is 5.57 Å². The Morgan fingerprint density at radius 1 is 1.16 bits per heavy atom. The molecule has 0 radical (unpaired) electrons. The van der Waals surface area contributed by atoms with Crippen molar-refractivity contribution in [2.75, 3.05) is 19.0 Å². The molecule has 2 rings (SSSR count). The van der Waals surface area contributed by atoms with Gasteiger partial charge in [-0.2, -0.15) is 13.2 Å². The molecule has 0 aliphatic carbocycles. The summed E-state index contributed by atoms with van der Waals surface area (Å²) in [6, 6.07) is 12.6. The Balaban J connectivity index is 2.31. The molecule has 0 saturated heterocycles. The number of aryl methyl sites for hydroxylation is 1. The fourth-order valence-corrected chi connectivity index (χ4v) is 2.36. The lowest BCUT2D eigenvalue weighted by atomic mass is 10.0. The van der Waals surface area contributed by atoms with E-state index in [9.17, 15) is 18.0 Å². The highest BCUT2D eigenvalue weighted by Gasteiger charge is 2.33. The average molecular weight is 349 g/mol. The van der Waals surface area contributed by atoms with Crippen molar-refractivity contribution in [3.8, 4) is 0 Å². The molecule has 0 fully saturated rings. The lowest BCUT2D eigenvalue weighted by Gasteiger charge is -2.16. The van der Waals surface area contributed by atoms with Crippen molar-refractivity contribution >= 4 is 17.2 Å². The smallest absolute Gasteiger partial charge is 0.418 e. The maximum atomic E-state index is 13.1. The lowest BCUT2D eigenvalue weighted by Crippen LogP contribution is -2.13. The van der Waals surface area contributed by atoms with Gasteiger partial charge in [0.25, 0.3) is 0 Å². The molecule has 0 heterocycles. The van der Waals surface area contributed by atoms with Gasteiger partial charge in [-0.3, -0.25) is 0 Å². The van der Waals surface area contributed by atoms with Crippen molar-refractivity contribution in [2.45, 2.75) is 13.1 Å². The van der Waals surface area contributed by atoms with E-state index in [1.54, 1.807) is 6.07 Å². The zero-order valence-corrected chi connectivity index (χ0v) is 13.9. The first kappa shape index (κ1) is 18.6. The van der Waals surface area contributed by atoms with Gasteiger partial charge in [0.1, 0.15) is 0 Å². The molecule has 1 N–H and O–H groups in total. The highest BCUT2D eigenvalue weighted by Crippen LogP contribution is 2.34. The van der Waals surface area contributed by atoms with Crippen molar-refractivity contribution in [3.63, 3.8) is 0 Å². The largest absolute Gasteiger partial charge is 0.466 e. The fraction of sp³-hybridized carbons (Fsp3) is 0.211. The molecule has 3 nitrogen and oxygen atoms in total. The maximum absolute atomic E-state index is 13.1. The van der Waals surface area contributed by atoms with Crippen molar-refractivity contribution < 1.29 is 22.7 Å². The molecule has 6 heteroatoms. The van der Waals surface area contributed by atoms with Gasteiger partial charge in [0.2, 0.25) is 0 Å². The number of esters is 1. The Labute approximate surface area is 144 Å². The van der Waals surface area contributed by atoms with Crippen LogP contribution in [0.3, 0.4) is 0 Å². The third-order valence-corrected chi connectivity index (χ3v) is 3.58. The van der Waals surface area contributed by atoms with Crippen LogP contribution in [0.1, 0.15) is 16.7 Å². The number of hydrogen-bond donors (Lipinski definition) is 1. The summed E-state index contributed by atoms with van der Waals surface area (Å²) in [4.78, 5) is 11.6. The monoisotopic (exact) mass is 349 g/mol. The number of halogens is 3. The quantitative estimate of drug-likeness (QED) is 0.629. The first-order valence-corrected chi connectivity index (χ1v) is 7.57. The van der Waals surface area contributed by atoms with Crippen LogP contribution in [-0.4, -0.2) is 19.6 Å². The molecule has 0 aliphatic rings. The van der Waals surface area contributed by atoms with E-state index in [-0.39, 0.29) is 12.2 Å². The summed E-state index contributed by atoms with van der Waals surface area (Å²) in [6.45, 7) is 1.94. The summed E-state index contributed by atoms with van der Waals surface area (Å²) >= 11 is 0. The zero-order valence-electron chi connectivity index (χ0n) is 13.9. The molecule has 0 spiro atoms. The Morgan fingerprint density at radius 2 is 1.88 bits per heavy atom. The predicted octanol–water partition coefficient (Wildman–Crippen LogP) is 4.68. The maximum Gasteiger partial charge on any atom is 0.418 e. The molecular weight excluding hydrogens is 331 g/mol. The second-order valence-electron chi connectivity index (χ2n) is 5.46. The highest BCUT2D eigenvalue weighted by molar-refractivity contribution is 5.92. The van der Waals surface area contributed by atoms with Crippen molar-refractivity contribution in [1.29, 1.82) is 0 Å². The number of carbonyl (C=O) groups is 1. The van der Waals surface area contributed by atoms with E-state index in [4.69, 9.17) is 0 Å². The predicted molar refractivity (Wildman–Crippen MR) is 91.1 cm³/mol. The van der Waals surface area contributed by atoms with Crippen molar-refractivity contribution in [1.82, 2.24) is 0 Å². The van der Waals surface area contributed by atoms with Crippen molar-refractivity contribution in [3.05, 3.63) is 71.3 Å². The van der Waals surface area contributed by atoms with Crippen LogP contribution >= 0.6 is 0 Å². The van der Waals surface area contributed by atoms with Crippen LogP contribution in [0.15, 0.2) is 54.6 Å². The number of benzene rings is 2. The minimum Gasteiger partial charge on any atom is -0.466 e. The van der Waals surface area contributed by atoms with Gasteiger partial charge in [-0.05, 0) is 30.2 Å². The van der Waals surface area contributed by atoms with Crippen LogP contribution in [0, 0.1) is 6.92 Å². The summed E-state index contributed by atoms with van der Waals surface area (Å²) in [6.07, 6.45) is -3.18. The number of para-hydroxylation sites is 1. The van der Waals surface area contributed by atoms with Gasteiger partial charge in [-0.1, -0.05) is 42.0 Å². The number of anilines is 1. The summed E-state index contributed by atoms with van der Waals surface area (Å²) in [5.74, 6) is -0.567. The molecular formula is C19H18F3NO2. The molecule has 132 valence electrons. The molecule has 0 atom stereocenters. The van der Waals surface area contributed by atoms with E-state index in [2.05, 4.69) is 10.1 Å². The van der Waals surface area contributed by atoms with Crippen LogP contribution in [0.5, 0.6) is 0 Å². The van der Waals surface area contributed by atoms with Gasteiger partial charge in [0.15, 0.2) is 0 Å². The lowest BCUT2D eigenvalue weighted by molar-refractivity contribution is -0.137. The average Bonchev–Trinajstić information content (AvgIpc) is 2.57. The number of methoxy groups -OCH3 is 1. The molecule has 25 heavy (non-hydrogen) atoms. The van der Waals surface area contributed by atoms with E-state index in [1.165, 1.54) is 31.4 Å². The summed E-state index contributed by atoms with van der Waals surface area (Å²) in [5.41, 5.74) is 1.45. The highest BCUT2D eigenvalue weighted by atomic mass is 19.4. The van der Waals surface area contributed by atoms with Gasteiger partial charge in [-0.15, -0.1) is 0 Å².